The minimum absolute atomic E-state index is 0.614. The van der Waals surface area contributed by atoms with Gasteiger partial charge < -0.3 is 0 Å². The molecule has 3 aromatic rings. The number of aryl methyl sites for hydroxylation is 1. The van der Waals surface area contributed by atoms with E-state index in [1.807, 2.05) is 37.4 Å². The molecule has 0 fully saturated rings. The Morgan fingerprint density at radius 3 is 2.56 bits per heavy atom. The Hall–Kier alpha value is -2.56. The summed E-state index contributed by atoms with van der Waals surface area (Å²) in [5.41, 5.74) is 1.69. The van der Waals surface area contributed by atoms with Crippen molar-refractivity contribution < 1.29 is 0 Å². The van der Waals surface area contributed by atoms with E-state index in [4.69, 9.17) is 0 Å². The van der Waals surface area contributed by atoms with E-state index < -0.39 is 0 Å². The normalized spacial score (nSPS) is 10.5. The summed E-state index contributed by atoms with van der Waals surface area (Å²) in [5, 5.41) is 4.33. The van der Waals surface area contributed by atoms with Crippen LogP contribution in [0, 0.1) is 6.92 Å². The summed E-state index contributed by atoms with van der Waals surface area (Å²) >= 11 is 0. The first kappa shape index (κ1) is 10.6. The predicted octanol–water partition coefficient (Wildman–Crippen LogP) is 2.03. The van der Waals surface area contributed by atoms with Gasteiger partial charge in [0.25, 0.3) is 0 Å². The average Bonchev–Trinajstić information content (AvgIpc) is 2.87. The first-order valence-electron chi connectivity index (χ1n) is 5.60. The molecule has 0 unspecified atom stereocenters. The van der Waals surface area contributed by atoms with Gasteiger partial charge in [-0.1, -0.05) is 6.07 Å². The summed E-state index contributed by atoms with van der Waals surface area (Å²) in [7, 11) is 0. The minimum Gasteiger partial charge on any atom is -0.235 e. The molecule has 0 saturated heterocycles. The molecule has 3 heterocycles. The summed E-state index contributed by atoms with van der Waals surface area (Å²) in [6, 6.07) is 9.43. The molecule has 0 aromatic carbocycles. The zero-order valence-corrected chi connectivity index (χ0v) is 9.85. The lowest BCUT2D eigenvalue weighted by Gasteiger charge is -2.03. The molecule has 5 heteroatoms. The fourth-order valence-electron chi connectivity index (χ4n) is 1.65. The fraction of sp³-hybridized carbons (Fsp3) is 0.0769. The quantitative estimate of drug-likeness (QED) is 0.684. The Labute approximate surface area is 104 Å². The lowest BCUT2D eigenvalue weighted by molar-refractivity contribution is 0.832. The van der Waals surface area contributed by atoms with Crippen molar-refractivity contribution in [3.05, 3.63) is 54.6 Å². The molecule has 5 nitrogen and oxygen atoms in total. The van der Waals surface area contributed by atoms with Crippen LogP contribution in [0.5, 0.6) is 0 Å². The molecule has 0 aliphatic carbocycles. The second-order valence-corrected chi connectivity index (χ2v) is 3.86. The molecule has 0 aliphatic rings. The number of nitrogens with zero attached hydrogens (tertiary/aromatic N) is 5. The van der Waals surface area contributed by atoms with Crippen LogP contribution in [0.15, 0.2) is 48.9 Å². The SMILES string of the molecule is Cc1ccn(-c2cccc(-c3ncccn3)n2)n1. The van der Waals surface area contributed by atoms with E-state index in [1.54, 1.807) is 23.1 Å². The number of aromatic nitrogens is 5. The van der Waals surface area contributed by atoms with Gasteiger partial charge in [-0.25, -0.2) is 19.6 Å². The molecule has 0 N–H and O–H groups in total. The van der Waals surface area contributed by atoms with Gasteiger partial charge >= 0.3 is 0 Å². The Morgan fingerprint density at radius 1 is 1.00 bits per heavy atom. The van der Waals surface area contributed by atoms with Crippen LogP contribution in [0.4, 0.5) is 0 Å². The second-order valence-electron chi connectivity index (χ2n) is 3.86. The van der Waals surface area contributed by atoms with Gasteiger partial charge in [-0.2, -0.15) is 5.10 Å². The molecule has 3 aromatic heterocycles. The third-order valence-electron chi connectivity index (χ3n) is 2.49. The summed E-state index contributed by atoms with van der Waals surface area (Å²) in [5.74, 6) is 1.37. The molecule has 0 amide bonds. The largest absolute Gasteiger partial charge is 0.235 e. The van der Waals surface area contributed by atoms with Crippen LogP contribution in [0.1, 0.15) is 5.69 Å². The summed E-state index contributed by atoms with van der Waals surface area (Å²) in [6.45, 7) is 1.95. The predicted molar refractivity (Wildman–Crippen MR) is 67.1 cm³/mol. The van der Waals surface area contributed by atoms with Crippen LogP contribution in [-0.4, -0.2) is 24.7 Å². The van der Waals surface area contributed by atoms with Crippen molar-refractivity contribution >= 4 is 0 Å². The van der Waals surface area contributed by atoms with Crippen molar-refractivity contribution in [1.82, 2.24) is 24.7 Å². The number of hydrogen-bond donors (Lipinski definition) is 0. The van der Waals surface area contributed by atoms with Crippen LogP contribution < -0.4 is 0 Å². The van der Waals surface area contributed by atoms with Crippen LogP contribution in [0.2, 0.25) is 0 Å². The van der Waals surface area contributed by atoms with Crippen molar-refractivity contribution in [2.24, 2.45) is 0 Å². The molecular formula is C13H11N5. The van der Waals surface area contributed by atoms with Gasteiger partial charge in [0.1, 0.15) is 5.69 Å². The maximum atomic E-state index is 4.50. The van der Waals surface area contributed by atoms with Crippen LogP contribution in [-0.2, 0) is 0 Å². The molecule has 3 rings (SSSR count). The van der Waals surface area contributed by atoms with Crippen LogP contribution >= 0.6 is 0 Å². The zero-order valence-electron chi connectivity index (χ0n) is 9.85. The molecule has 0 bridgehead atoms. The number of rotatable bonds is 2. The molecular weight excluding hydrogens is 226 g/mol. The summed E-state index contributed by atoms with van der Waals surface area (Å²) in [6.07, 6.45) is 5.29. The topological polar surface area (TPSA) is 56.5 Å². The van der Waals surface area contributed by atoms with Crippen LogP contribution in [0.25, 0.3) is 17.3 Å². The monoisotopic (exact) mass is 237 g/mol. The van der Waals surface area contributed by atoms with E-state index in [1.165, 1.54) is 0 Å². The molecule has 88 valence electrons. The van der Waals surface area contributed by atoms with Gasteiger partial charge in [-0.15, -0.1) is 0 Å². The third kappa shape index (κ3) is 1.98. The van der Waals surface area contributed by atoms with Gasteiger partial charge in [-0.3, -0.25) is 0 Å². The molecule has 0 aliphatic heterocycles. The van der Waals surface area contributed by atoms with Gasteiger partial charge in [-0.05, 0) is 31.2 Å². The average molecular weight is 237 g/mol. The second kappa shape index (κ2) is 4.37. The van der Waals surface area contributed by atoms with E-state index in [9.17, 15) is 0 Å². The van der Waals surface area contributed by atoms with E-state index in [2.05, 4.69) is 20.1 Å². The van der Waals surface area contributed by atoms with E-state index in [0.29, 0.717) is 5.82 Å². The zero-order chi connectivity index (χ0) is 12.4. The van der Waals surface area contributed by atoms with Crippen molar-refractivity contribution in [2.45, 2.75) is 6.92 Å². The number of hydrogen-bond acceptors (Lipinski definition) is 4. The Balaban J connectivity index is 2.05. The molecule has 0 saturated carbocycles. The van der Waals surface area contributed by atoms with Gasteiger partial charge in [0.15, 0.2) is 11.6 Å². The van der Waals surface area contributed by atoms with Crippen LogP contribution in [0.3, 0.4) is 0 Å². The number of pyridine rings is 1. The highest BCUT2D eigenvalue weighted by atomic mass is 15.3. The van der Waals surface area contributed by atoms with E-state index in [0.717, 1.165) is 17.2 Å². The first-order chi connectivity index (χ1) is 8.83. The first-order valence-corrected chi connectivity index (χ1v) is 5.60. The van der Waals surface area contributed by atoms with Crippen molar-refractivity contribution in [3.8, 4) is 17.3 Å². The summed E-state index contributed by atoms with van der Waals surface area (Å²) < 4.78 is 1.74. The molecule has 0 spiro atoms. The molecule has 18 heavy (non-hydrogen) atoms. The smallest absolute Gasteiger partial charge is 0.178 e. The third-order valence-corrected chi connectivity index (χ3v) is 2.49. The molecule has 0 atom stereocenters. The lowest BCUT2D eigenvalue weighted by Crippen LogP contribution is -2.00. The van der Waals surface area contributed by atoms with Crippen molar-refractivity contribution in [1.29, 1.82) is 0 Å². The standard InChI is InChI=1S/C13H11N5/c1-10-6-9-18(17-10)12-5-2-4-11(16-12)13-14-7-3-8-15-13/h2-9H,1H3. The van der Waals surface area contributed by atoms with Crippen molar-refractivity contribution in [3.63, 3.8) is 0 Å². The Bertz CT molecular complexity index is 660. The van der Waals surface area contributed by atoms with Gasteiger partial charge in [0.2, 0.25) is 0 Å². The van der Waals surface area contributed by atoms with E-state index in [-0.39, 0.29) is 0 Å². The maximum absolute atomic E-state index is 4.50. The highest BCUT2D eigenvalue weighted by Gasteiger charge is 2.04. The summed E-state index contributed by atoms with van der Waals surface area (Å²) in [4.78, 5) is 12.9. The lowest BCUT2D eigenvalue weighted by atomic mass is 10.3. The highest BCUT2D eigenvalue weighted by Crippen LogP contribution is 2.13. The van der Waals surface area contributed by atoms with Gasteiger partial charge in [0.05, 0.1) is 5.69 Å². The highest BCUT2D eigenvalue weighted by molar-refractivity contribution is 5.50. The minimum atomic E-state index is 0.614. The fourth-order valence-corrected chi connectivity index (χ4v) is 1.65. The Kier molecular flexibility index (Phi) is 2.57. The Morgan fingerprint density at radius 2 is 1.83 bits per heavy atom. The van der Waals surface area contributed by atoms with E-state index >= 15 is 0 Å². The van der Waals surface area contributed by atoms with Gasteiger partial charge in [0, 0.05) is 18.6 Å². The van der Waals surface area contributed by atoms with Crippen molar-refractivity contribution in [2.75, 3.05) is 0 Å². The molecule has 0 radical (unpaired) electrons. The maximum Gasteiger partial charge on any atom is 0.178 e.